The van der Waals surface area contributed by atoms with Crippen LogP contribution in [0.3, 0.4) is 0 Å². The summed E-state index contributed by atoms with van der Waals surface area (Å²) in [6.07, 6.45) is -8.97. The minimum absolute atomic E-state index is 0.0362. The number of halogens is 6. The molecule has 0 spiro atoms. The van der Waals surface area contributed by atoms with E-state index in [9.17, 15) is 31.1 Å². The first-order valence-electron chi connectivity index (χ1n) is 10.7. The largest absolute Gasteiger partial charge is 0.416 e. The van der Waals surface area contributed by atoms with Crippen LogP contribution in [0.5, 0.6) is 0 Å². The van der Waals surface area contributed by atoms with Crippen LogP contribution in [0.2, 0.25) is 0 Å². The standard InChI is InChI=1S/C23H20F6N4O2/c1-14(20-30-19(31-35-20)16-3-2-4-18(13-16)23(27,28)29)32-9-11-33(12-10-32)21(34)15-5-7-17(8-6-15)22(24,25)26/h2-8,13-14H,9-12H2,1H3. The predicted octanol–water partition coefficient (Wildman–Crippen LogP) is 5.29. The maximum atomic E-state index is 13.0. The number of aromatic nitrogens is 2. The van der Waals surface area contributed by atoms with Crippen LogP contribution in [0.4, 0.5) is 26.3 Å². The summed E-state index contributed by atoms with van der Waals surface area (Å²) in [4.78, 5) is 20.4. The van der Waals surface area contributed by atoms with Crippen LogP contribution in [-0.4, -0.2) is 52.0 Å². The van der Waals surface area contributed by atoms with Crippen LogP contribution < -0.4 is 0 Å². The highest BCUT2D eigenvalue weighted by Gasteiger charge is 2.33. The zero-order valence-corrected chi connectivity index (χ0v) is 18.4. The molecule has 2 heterocycles. The first-order valence-corrected chi connectivity index (χ1v) is 10.7. The van der Waals surface area contributed by atoms with Crippen molar-refractivity contribution in [1.82, 2.24) is 19.9 Å². The van der Waals surface area contributed by atoms with Gasteiger partial charge in [-0.25, -0.2) is 0 Å². The van der Waals surface area contributed by atoms with Crippen LogP contribution in [0.25, 0.3) is 11.4 Å². The van der Waals surface area contributed by atoms with Gasteiger partial charge in [0.25, 0.3) is 5.91 Å². The van der Waals surface area contributed by atoms with Crippen molar-refractivity contribution >= 4 is 5.91 Å². The van der Waals surface area contributed by atoms with Crippen LogP contribution in [0, 0.1) is 0 Å². The lowest BCUT2D eigenvalue weighted by atomic mass is 10.1. The molecule has 12 heteroatoms. The number of rotatable bonds is 4. The molecule has 4 rings (SSSR count). The highest BCUT2D eigenvalue weighted by atomic mass is 19.4. The van der Waals surface area contributed by atoms with Gasteiger partial charge in [0.2, 0.25) is 11.7 Å². The molecular weight excluding hydrogens is 478 g/mol. The second kappa shape index (κ2) is 9.33. The monoisotopic (exact) mass is 498 g/mol. The van der Waals surface area contributed by atoms with E-state index < -0.39 is 23.5 Å². The highest BCUT2D eigenvalue weighted by molar-refractivity contribution is 5.94. The first kappa shape index (κ1) is 24.7. The van der Waals surface area contributed by atoms with Crippen LogP contribution in [-0.2, 0) is 12.4 Å². The van der Waals surface area contributed by atoms with Crippen LogP contribution in [0.1, 0.15) is 40.3 Å². The molecule has 1 atom stereocenters. The van der Waals surface area contributed by atoms with E-state index in [0.717, 1.165) is 36.4 Å². The first-order chi connectivity index (χ1) is 16.4. The Labute approximate surface area is 196 Å². The Morgan fingerprint density at radius 1 is 0.914 bits per heavy atom. The summed E-state index contributed by atoms with van der Waals surface area (Å²) in [5.74, 6) is -0.107. The molecule has 1 aliphatic heterocycles. The molecule has 1 aromatic heterocycles. The third-order valence-electron chi connectivity index (χ3n) is 5.86. The highest BCUT2D eigenvalue weighted by Crippen LogP contribution is 2.32. The second-order valence-corrected chi connectivity index (χ2v) is 8.11. The number of alkyl halides is 6. The number of hydrogen-bond donors (Lipinski definition) is 0. The molecule has 1 amide bonds. The summed E-state index contributed by atoms with van der Waals surface area (Å²) in [6, 6.07) is 8.35. The van der Waals surface area contributed by atoms with Gasteiger partial charge in [-0.05, 0) is 43.3 Å². The molecule has 0 N–H and O–H groups in total. The van der Waals surface area contributed by atoms with Crippen molar-refractivity contribution in [2.45, 2.75) is 25.3 Å². The van der Waals surface area contributed by atoms with Gasteiger partial charge < -0.3 is 9.42 Å². The van der Waals surface area contributed by atoms with Crippen molar-refractivity contribution in [2.24, 2.45) is 0 Å². The van der Waals surface area contributed by atoms with Gasteiger partial charge in [0.15, 0.2) is 0 Å². The molecule has 0 aliphatic carbocycles. The number of piperazine rings is 1. The van der Waals surface area contributed by atoms with Gasteiger partial charge in [-0.1, -0.05) is 17.3 Å². The van der Waals surface area contributed by atoms with E-state index in [2.05, 4.69) is 10.1 Å². The third-order valence-corrected chi connectivity index (χ3v) is 5.86. The van der Waals surface area contributed by atoms with Crippen LogP contribution >= 0.6 is 0 Å². The Hall–Kier alpha value is -3.41. The number of hydrogen-bond acceptors (Lipinski definition) is 5. The van der Waals surface area contributed by atoms with E-state index in [1.165, 1.54) is 12.1 Å². The number of carbonyl (C=O) groups is 1. The number of benzene rings is 2. The second-order valence-electron chi connectivity index (χ2n) is 8.11. The Morgan fingerprint density at radius 2 is 1.54 bits per heavy atom. The fourth-order valence-electron chi connectivity index (χ4n) is 3.81. The van der Waals surface area contributed by atoms with Gasteiger partial charge in [-0.15, -0.1) is 0 Å². The lowest BCUT2D eigenvalue weighted by molar-refractivity contribution is -0.138. The maximum Gasteiger partial charge on any atom is 0.416 e. The van der Waals surface area contributed by atoms with Crippen molar-refractivity contribution in [3.8, 4) is 11.4 Å². The minimum atomic E-state index is -4.49. The molecule has 35 heavy (non-hydrogen) atoms. The molecule has 0 radical (unpaired) electrons. The average Bonchev–Trinajstić information content (AvgIpc) is 3.33. The summed E-state index contributed by atoms with van der Waals surface area (Å²) in [5.41, 5.74) is -1.30. The molecule has 1 unspecified atom stereocenters. The predicted molar refractivity (Wildman–Crippen MR) is 112 cm³/mol. The quantitative estimate of drug-likeness (QED) is 0.458. The summed E-state index contributed by atoms with van der Waals surface area (Å²) in [5, 5.41) is 3.81. The fourth-order valence-corrected chi connectivity index (χ4v) is 3.81. The Balaban J connectivity index is 1.38. The minimum Gasteiger partial charge on any atom is -0.337 e. The van der Waals surface area contributed by atoms with E-state index in [1.54, 1.807) is 11.8 Å². The SMILES string of the molecule is CC(c1nc(-c2cccc(C(F)(F)F)c2)no1)N1CCN(C(=O)c2ccc(C(F)(F)F)cc2)CC1. The van der Waals surface area contributed by atoms with E-state index in [-0.39, 0.29) is 34.8 Å². The third kappa shape index (κ3) is 5.47. The van der Waals surface area contributed by atoms with Gasteiger partial charge >= 0.3 is 12.4 Å². The number of nitrogens with zero attached hydrogens (tertiary/aromatic N) is 4. The van der Waals surface area contributed by atoms with E-state index in [1.807, 2.05) is 4.90 Å². The molecule has 0 saturated carbocycles. The van der Waals surface area contributed by atoms with Crippen molar-refractivity contribution in [1.29, 1.82) is 0 Å². The van der Waals surface area contributed by atoms with Crippen LogP contribution in [0.15, 0.2) is 53.1 Å². The zero-order valence-electron chi connectivity index (χ0n) is 18.4. The van der Waals surface area contributed by atoms with Gasteiger partial charge in [0.1, 0.15) is 0 Å². The molecular formula is C23H20F6N4O2. The van der Waals surface area contributed by atoms with Crippen molar-refractivity contribution < 1.29 is 35.7 Å². The van der Waals surface area contributed by atoms with Gasteiger partial charge in [-0.3, -0.25) is 9.69 Å². The van der Waals surface area contributed by atoms with E-state index in [0.29, 0.717) is 26.2 Å². The average molecular weight is 498 g/mol. The lowest BCUT2D eigenvalue weighted by Gasteiger charge is -2.36. The number of amides is 1. The van der Waals surface area contributed by atoms with Gasteiger partial charge in [0, 0.05) is 37.3 Å². The number of carbonyl (C=O) groups excluding carboxylic acids is 1. The molecule has 1 fully saturated rings. The summed E-state index contributed by atoms with van der Waals surface area (Å²) >= 11 is 0. The van der Waals surface area contributed by atoms with Gasteiger partial charge in [0.05, 0.1) is 17.2 Å². The smallest absolute Gasteiger partial charge is 0.337 e. The van der Waals surface area contributed by atoms with E-state index in [4.69, 9.17) is 4.52 Å². The Bertz CT molecular complexity index is 1180. The maximum absolute atomic E-state index is 13.0. The summed E-state index contributed by atoms with van der Waals surface area (Å²) in [7, 11) is 0. The van der Waals surface area contributed by atoms with Crippen molar-refractivity contribution in [3.05, 3.63) is 71.1 Å². The summed E-state index contributed by atoms with van der Waals surface area (Å²) in [6.45, 7) is 3.35. The van der Waals surface area contributed by atoms with Gasteiger partial charge in [-0.2, -0.15) is 31.3 Å². The Kier molecular flexibility index (Phi) is 6.58. The molecule has 3 aromatic rings. The molecule has 0 bridgehead atoms. The normalized spacial score (nSPS) is 16.4. The topological polar surface area (TPSA) is 62.5 Å². The lowest BCUT2D eigenvalue weighted by Crippen LogP contribution is -2.49. The molecule has 1 aliphatic rings. The fraction of sp³-hybridized carbons (Fsp3) is 0.348. The molecule has 6 nitrogen and oxygen atoms in total. The molecule has 1 saturated heterocycles. The molecule has 186 valence electrons. The summed E-state index contributed by atoms with van der Waals surface area (Å²) < 4.78 is 82.4. The zero-order chi connectivity index (χ0) is 25.4. The Morgan fingerprint density at radius 3 is 2.14 bits per heavy atom. The van der Waals surface area contributed by atoms with E-state index >= 15 is 0 Å². The van der Waals surface area contributed by atoms with Crippen molar-refractivity contribution in [3.63, 3.8) is 0 Å². The molecule has 2 aromatic carbocycles. The van der Waals surface area contributed by atoms with Crippen molar-refractivity contribution in [2.75, 3.05) is 26.2 Å².